The van der Waals surface area contributed by atoms with Crippen molar-refractivity contribution < 1.29 is 0 Å². The van der Waals surface area contributed by atoms with E-state index in [2.05, 4.69) is 23.0 Å². The van der Waals surface area contributed by atoms with E-state index in [1.807, 2.05) is 16.8 Å². The van der Waals surface area contributed by atoms with E-state index in [-0.39, 0.29) is 5.56 Å². The number of aromatic nitrogens is 2. The Morgan fingerprint density at radius 2 is 2.13 bits per heavy atom. The van der Waals surface area contributed by atoms with Crippen molar-refractivity contribution >= 4 is 10.8 Å². The van der Waals surface area contributed by atoms with Crippen molar-refractivity contribution in [1.29, 1.82) is 0 Å². The number of fused-ring (bicyclic) bond motifs is 1. The van der Waals surface area contributed by atoms with Gasteiger partial charge in [-0.3, -0.25) is 9.78 Å². The Kier molecular flexibility index (Phi) is 3.72. The summed E-state index contributed by atoms with van der Waals surface area (Å²) in [7, 11) is 2.24. The second-order valence-corrected chi connectivity index (χ2v) is 7.53. The first kappa shape index (κ1) is 14.9. The number of likely N-dealkylation sites (tertiary alicyclic amines) is 1. The van der Waals surface area contributed by atoms with Gasteiger partial charge in [-0.25, -0.2) is 0 Å². The van der Waals surface area contributed by atoms with Crippen LogP contribution >= 0.6 is 0 Å². The predicted octanol–water partition coefficient (Wildman–Crippen LogP) is 2.91. The predicted molar refractivity (Wildman–Crippen MR) is 92.5 cm³/mol. The molecule has 1 spiro atoms. The molecule has 1 saturated carbocycles. The van der Waals surface area contributed by atoms with Crippen LogP contribution in [0.25, 0.3) is 10.8 Å². The van der Waals surface area contributed by atoms with Gasteiger partial charge in [0.05, 0.1) is 5.39 Å². The monoisotopic (exact) mass is 311 g/mol. The second kappa shape index (κ2) is 5.75. The summed E-state index contributed by atoms with van der Waals surface area (Å²) >= 11 is 0. The largest absolute Gasteiger partial charge is 0.315 e. The Morgan fingerprint density at radius 1 is 1.30 bits per heavy atom. The highest BCUT2D eigenvalue weighted by Crippen LogP contribution is 2.48. The van der Waals surface area contributed by atoms with Crippen LogP contribution in [0.2, 0.25) is 0 Å². The minimum absolute atomic E-state index is 0.114. The van der Waals surface area contributed by atoms with Gasteiger partial charge in [0, 0.05) is 31.7 Å². The molecular weight excluding hydrogens is 286 g/mol. The molecule has 1 aliphatic heterocycles. The van der Waals surface area contributed by atoms with E-state index in [1.165, 1.54) is 38.6 Å². The van der Waals surface area contributed by atoms with E-state index in [9.17, 15) is 4.79 Å². The Morgan fingerprint density at radius 3 is 2.96 bits per heavy atom. The van der Waals surface area contributed by atoms with Crippen molar-refractivity contribution in [2.45, 2.75) is 38.6 Å². The fraction of sp³-hybridized carbons (Fsp3) is 0.579. The molecule has 4 rings (SSSR count). The first-order valence-electron chi connectivity index (χ1n) is 8.80. The molecular formula is C19H25N3O. The molecule has 4 nitrogen and oxygen atoms in total. The van der Waals surface area contributed by atoms with Crippen molar-refractivity contribution in [2.24, 2.45) is 11.3 Å². The van der Waals surface area contributed by atoms with Crippen LogP contribution in [0.5, 0.6) is 0 Å². The summed E-state index contributed by atoms with van der Waals surface area (Å²) in [6.07, 6.45) is 12.0. The SMILES string of the molecule is CN1CCC(Cn2ccc3ccncc3c2=O)C2(CCCC2)C1. The maximum Gasteiger partial charge on any atom is 0.259 e. The standard InChI is InChI=1S/C19H25N3O/c1-21-10-6-16(19(14-21)7-2-3-8-19)13-22-11-5-15-4-9-20-12-17(15)18(22)23/h4-5,9,11-12,16H,2-3,6-8,10,13-14H2,1H3. The van der Waals surface area contributed by atoms with Crippen LogP contribution in [-0.2, 0) is 6.54 Å². The summed E-state index contributed by atoms with van der Waals surface area (Å²) < 4.78 is 1.93. The lowest BCUT2D eigenvalue weighted by Gasteiger charge is -2.45. The van der Waals surface area contributed by atoms with Crippen LogP contribution in [0, 0.1) is 11.3 Å². The van der Waals surface area contributed by atoms with Crippen LogP contribution < -0.4 is 5.56 Å². The molecule has 0 amide bonds. The van der Waals surface area contributed by atoms with Gasteiger partial charge in [0.2, 0.25) is 0 Å². The van der Waals surface area contributed by atoms with Crippen LogP contribution in [0.3, 0.4) is 0 Å². The van der Waals surface area contributed by atoms with Gasteiger partial charge in [0.25, 0.3) is 5.56 Å². The Bertz CT molecular complexity index is 761. The van der Waals surface area contributed by atoms with Gasteiger partial charge in [0.1, 0.15) is 0 Å². The quantitative estimate of drug-likeness (QED) is 0.856. The number of piperidine rings is 1. The third-order valence-corrected chi connectivity index (χ3v) is 6.11. The van der Waals surface area contributed by atoms with Crippen LogP contribution in [0.1, 0.15) is 32.1 Å². The lowest BCUT2D eigenvalue weighted by molar-refractivity contribution is 0.0347. The fourth-order valence-electron chi connectivity index (χ4n) is 4.86. The topological polar surface area (TPSA) is 38.1 Å². The molecule has 2 aromatic heterocycles. The number of hydrogen-bond donors (Lipinski definition) is 0. The normalized spacial score (nSPS) is 24.5. The molecule has 1 saturated heterocycles. The van der Waals surface area contributed by atoms with E-state index in [1.54, 1.807) is 12.4 Å². The molecule has 0 N–H and O–H groups in total. The van der Waals surface area contributed by atoms with E-state index in [4.69, 9.17) is 0 Å². The maximum atomic E-state index is 12.8. The second-order valence-electron chi connectivity index (χ2n) is 7.53. The summed E-state index contributed by atoms with van der Waals surface area (Å²) in [6, 6.07) is 3.96. The summed E-state index contributed by atoms with van der Waals surface area (Å²) in [5.41, 5.74) is 0.541. The van der Waals surface area contributed by atoms with Crippen molar-refractivity contribution in [2.75, 3.05) is 20.1 Å². The zero-order valence-electron chi connectivity index (χ0n) is 13.9. The molecule has 1 unspecified atom stereocenters. The summed E-state index contributed by atoms with van der Waals surface area (Å²) in [5, 5.41) is 1.73. The van der Waals surface area contributed by atoms with Gasteiger partial charge in [-0.15, -0.1) is 0 Å². The highest BCUT2D eigenvalue weighted by atomic mass is 16.1. The molecule has 0 radical (unpaired) electrons. The van der Waals surface area contributed by atoms with Gasteiger partial charge in [-0.2, -0.15) is 0 Å². The van der Waals surface area contributed by atoms with Gasteiger partial charge in [-0.1, -0.05) is 12.8 Å². The van der Waals surface area contributed by atoms with E-state index < -0.39 is 0 Å². The molecule has 23 heavy (non-hydrogen) atoms. The lowest BCUT2D eigenvalue weighted by Crippen LogP contribution is -2.47. The summed E-state index contributed by atoms with van der Waals surface area (Å²) in [4.78, 5) is 19.4. The smallest absolute Gasteiger partial charge is 0.259 e. The van der Waals surface area contributed by atoms with Crippen molar-refractivity contribution in [3.63, 3.8) is 0 Å². The molecule has 122 valence electrons. The molecule has 0 bridgehead atoms. The number of nitrogens with zero attached hydrogens (tertiary/aromatic N) is 3. The van der Waals surface area contributed by atoms with Gasteiger partial charge < -0.3 is 9.47 Å². The van der Waals surface area contributed by atoms with Crippen LogP contribution in [0.15, 0.2) is 35.5 Å². The third-order valence-electron chi connectivity index (χ3n) is 6.11. The van der Waals surface area contributed by atoms with Crippen molar-refractivity contribution in [3.8, 4) is 0 Å². The lowest BCUT2D eigenvalue weighted by atomic mass is 9.69. The molecule has 2 aromatic rings. The van der Waals surface area contributed by atoms with Crippen molar-refractivity contribution in [3.05, 3.63) is 41.1 Å². The molecule has 1 atom stereocenters. The summed E-state index contributed by atoms with van der Waals surface area (Å²) in [6.45, 7) is 3.20. The number of pyridine rings is 2. The molecule has 4 heteroatoms. The highest BCUT2D eigenvalue weighted by Gasteiger charge is 2.44. The average Bonchev–Trinajstić information content (AvgIpc) is 3.01. The number of rotatable bonds is 2. The Labute approximate surface area is 137 Å². The highest BCUT2D eigenvalue weighted by molar-refractivity contribution is 5.80. The minimum atomic E-state index is 0.114. The fourth-order valence-corrected chi connectivity index (χ4v) is 4.86. The Hall–Kier alpha value is -1.68. The van der Waals surface area contributed by atoms with Gasteiger partial charge >= 0.3 is 0 Å². The first-order chi connectivity index (χ1) is 11.2. The minimum Gasteiger partial charge on any atom is -0.315 e. The molecule has 2 aliphatic rings. The van der Waals surface area contributed by atoms with E-state index in [0.717, 1.165) is 23.9 Å². The van der Waals surface area contributed by atoms with Gasteiger partial charge in [0.15, 0.2) is 0 Å². The molecule has 1 aliphatic carbocycles. The maximum absolute atomic E-state index is 12.8. The van der Waals surface area contributed by atoms with Crippen LogP contribution in [-0.4, -0.2) is 34.6 Å². The molecule has 3 heterocycles. The van der Waals surface area contributed by atoms with Crippen LogP contribution in [0.4, 0.5) is 0 Å². The van der Waals surface area contributed by atoms with Crippen molar-refractivity contribution in [1.82, 2.24) is 14.5 Å². The Balaban J connectivity index is 1.67. The number of hydrogen-bond acceptors (Lipinski definition) is 3. The summed E-state index contributed by atoms with van der Waals surface area (Å²) in [5.74, 6) is 0.619. The molecule has 2 fully saturated rings. The zero-order chi connectivity index (χ0) is 15.9. The van der Waals surface area contributed by atoms with Gasteiger partial charge in [-0.05, 0) is 61.7 Å². The average molecular weight is 311 g/mol. The molecule has 0 aromatic carbocycles. The first-order valence-corrected chi connectivity index (χ1v) is 8.80. The zero-order valence-corrected chi connectivity index (χ0v) is 13.9. The third kappa shape index (κ3) is 2.59. The van der Waals surface area contributed by atoms with E-state index in [0.29, 0.717) is 11.3 Å². The van der Waals surface area contributed by atoms with E-state index >= 15 is 0 Å².